The first-order chi connectivity index (χ1) is 16.4. The van der Waals surface area contributed by atoms with Crippen molar-refractivity contribution in [2.24, 2.45) is 5.73 Å². The van der Waals surface area contributed by atoms with Gasteiger partial charge in [0.05, 0.1) is 16.6 Å². The molecule has 0 bridgehead atoms. The summed E-state index contributed by atoms with van der Waals surface area (Å²) in [6, 6.07) is 31.1. The average Bonchev–Trinajstić information content (AvgIpc) is 2.86. The highest BCUT2D eigenvalue weighted by Gasteiger charge is 2.23. The van der Waals surface area contributed by atoms with Gasteiger partial charge in [-0.2, -0.15) is 0 Å². The van der Waals surface area contributed by atoms with E-state index in [1.165, 1.54) is 12.1 Å². The molecule has 0 aliphatic rings. The Hall–Kier alpha value is -3.90. The van der Waals surface area contributed by atoms with Gasteiger partial charge in [0, 0.05) is 5.56 Å². The molecule has 0 aromatic heterocycles. The van der Waals surface area contributed by atoms with E-state index >= 15 is 0 Å². The Bertz CT molecular complexity index is 1380. The first kappa shape index (κ1) is 23.3. The van der Waals surface area contributed by atoms with Gasteiger partial charge in [-0.25, -0.2) is 8.42 Å². The fourth-order valence-electron chi connectivity index (χ4n) is 3.83. The maximum absolute atomic E-state index is 12.5. The second-order valence-electron chi connectivity index (χ2n) is 7.84. The number of nitrogens with two attached hydrogens (primary N) is 1. The molecule has 4 rings (SSSR count). The van der Waals surface area contributed by atoms with Gasteiger partial charge >= 0.3 is 0 Å². The van der Waals surface area contributed by atoms with E-state index in [2.05, 4.69) is 0 Å². The number of carbonyl (C=O) groups is 1. The smallest absolute Gasteiger partial charge is 0.229 e. The Morgan fingerprint density at radius 2 is 1.41 bits per heavy atom. The number of benzene rings is 4. The zero-order valence-corrected chi connectivity index (χ0v) is 19.5. The fraction of sp³-hybridized carbons (Fsp3) is 0.107. The molecule has 4 aromatic rings. The third-order valence-corrected chi connectivity index (χ3v) is 7.38. The largest absolute Gasteiger partial charge is 0.457 e. The lowest BCUT2D eigenvalue weighted by Gasteiger charge is -2.18. The highest BCUT2D eigenvalue weighted by atomic mass is 32.2. The van der Waals surface area contributed by atoms with Crippen LogP contribution in [0.4, 0.5) is 0 Å². The number of primary amides is 1. The van der Waals surface area contributed by atoms with Gasteiger partial charge < -0.3 is 10.5 Å². The standard InChI is InChI=1S/C28H25NO4S/c1-2-34(31,32)24-16-13-21(14-17-24)27(28(29)30)22-15-18-25(20-9-5-3-6-10-20)26(19-22)33-23-11-7-4-8-12-23/h3-19,27H,2H2,1H3,(H2,29,30). The number of amides is 1. The topological polar surface area (TPSA) is 86.5 Å². The molecule has 0 heterocycles. The summed E-state index contributed by atoms with van der Waals surface area (Å²) in [6.45, 7) is 1.60. The summed E-state index contributed by atoms with van der Waals surface area (Å²) in [5.41, 5.74) is 8.93. The summed E-state index contributed by atoms with van der Waals surface area (Å²) in [5, 5.41) is 0. The molecule has 0 saturated carbocycles. The summed E-state index contributed by atoms with van der Waals surface area (Å²) in [5.74, 6) is -0.0364. The van der Waals surface area contributed by atoms with E-state index in [0.717, 1.165) is 11.1 Å². The van der Waals surface area contributed by atoms with Crippen LogP contribution >= 0.6 is 0 Å². The third-order valence-electron chi connectivity index (χ3n) is 5.63. The number of para-hydroxylation sites is 1. The van der Waals surface area contributed by atoms with Crippen molar-refractivity contribution in [3.05, 3.63) is 114 Å². The second kappa shape index (κ2) is 9.93. The minimum atomic E-state index is -3.34. The van der Waals surface area contributed by atoms with Crippen LogP contribution in [-0.2, 0) is 14.6 Å². The van der Waals surface area contributed by atoms with Crippen LogP contribution in [0.3, 0.4) is 0 Å². The lowest BCUT2D eigenvalue weighted by Crippen LogP contribution is -2.22. The van der Waals surface area contributed by atoms with Crippen LogP contribution in [0.25, 0.3) is 11.1 Å². The summed E-state index contributed by atoms with van der Waals surface area (Å²) >= 11 is 0. The SMILES string of the molecule is CCS(=O)(=O)c1ccc(C(C(N)=O)c2ccc(-c3ccccc3)c(Oc3ccccc3)c2)cc1. The fourth-order valence-corrected chi connectivity index (χ4v) is 4.71. The van der Waals surface area contributed by atoms with Crippen LogP contribution in [0, 0.1) is 0 Å². The Kier molecular flexibility index (Phi) is 6.80. The van der Waals surface area contributed by atoms with Crippen molar-refractivity contribution in [3.63, 3.8) is 0 Å². The molecule has 0 fully saturated rings. The van der Waals surface area contributed by atoms with E-state index < -0.39 is 21.7 Å². The van der Waals surface area contributed by atoms with Crippen molar-refractivity contribution >= 4 is 15.7 Å². The van der Waals surface area contributed by atoms with Gasteiger partial charge in [-0.15, -0.1) is 0 Å². The van der Waals surface area contributed by atoms with E-state index in [1.807, 2.05) is 78.9 Å². The van der Waals surface area contributed by atoms with Crippen molar-refractivity contribution in [1.29, 1.82) is 0 Å². The van der Waals surface area contributed by atoms with Crippen LogP contribution in [-0.4, -0.2) is 20.1 Å². The molecule has 6 heteroatoms. The number of rotatable bonds is 8. The number of ether oxygens (including phenoxy) is 1. The van der Waals surface area contributed by atoms with Crippen LogP contribution in [0.2, 0.25) is 0 Å². The van der Waals surface area contributed by atoms with E-state index in [1.54, 1.807) is 19.1 Å². The van der Waals surface area contributed by atoms with Gasteiger partial charge in [0.2, 0.25) is 5.91 Å². The van der Waals surface area contributed by atoms with Gasteiger partial charge in [0.25, 0.3) is 0 Å². The quantitative estimate of drug-likeness (QED) is 0.365. The normalized spacial score (nSPS) is 12.1. The Morgan fingerprint density at radius 3 is 2.00 bits per heavy atom. The summed E-state index contributed by atoms with van der Waals surface area (Å²) in [6.07, 6.45) is 0. The molecule has 0 spiro atoms. The van der Waals surface area contributed by atoms with Crippen LogP contribution in [0.15, 0.2) is 108 Å². The van der Waals surface area contributed by atoms with Crippen LogP contribution < -0.4 is 10.5 Å². The van der Waals surface area contributed by atoms with Crippen molar-refractivity contribution in [3.8, 4) is 22.6 Å². The molecule has 1 unspecified atom stereocenters. The third kappa shape index (κ3) is 5.02. The van der Waals surface area contributed by atoms with Gasteiger partial charge in [0.15, 0.2) is 9.84 Å². The zero-order chi connectivity index (χ0) is 24.1. The first-order valence-electron chi connectivity index (χ1n) is 10.9. The molecule has 4 aromatic carbocycles. The molecule has 2 N–H and O–H groups in total. The van der Waals surface area contributed by atoms with E-state index in [0.29, 0.717) is 22.6 Å². The molecule has 0 aliphatic carbocycles. The molecule has 172 valence electrons. The summed E-state index contributed by atoms with van der Waals surface area (Å²) in [4.78, 5) is 12.7. The molecule has 1 amide bonds. The maximum atomic E-state index is 12.5. The highest BCUT2D eigenvalue weighted by Crippen LogP contribution is 2.37. The molecule has 0 saturated heterocycles. The first-order valence-corrected chi connectivity index (χ1v) is 12.6. The van der Waals surface area contributed by atoms with E-state index in [9.17, 15) is 13.2 Å². The lowest BCUT2D eigenvalue weighted by atomic mass is 9.89. The molecular weight excluding hydrogens is 446 g/mol. The van der Waals surface area contributed by atoms with Crippen molar-refractivity contribution < 1.29 is 17.9 Å². The van der Waals surface area contributed by atoms with Crippen molar-refractivity contribution in [1.82, 2.24) is 0 Å². The molecule has 0 radical (unpaired) electrons. The number of sulfone groups is 1. The summed E-state index contributed by atoms with van der Waals surface area (Å²) < 4.78 is 30.6. The van der Waals surface area contributed by atoms with Gasteiger partial charge in [0.1, 0.15) is 11.5 Å². The molecule has 5 nitrogen and oxygen atoms in total. The predicted octanol–water partition coefficient (Wildman–Crippen LogP) is 5.56. The molecule has 0 aliphatic heterocycles. The van der Waals surface area contributed by atoms with Gasteiger partial charge in [-0.3, -0.25) is 4.79 Å². The average molecular weight is 472 g/mol. The second-order valence-corrected chi connectivity index (χ2v) is 10.1. The summed E-state index contributed by atoms with van der Waals surface area (Å²) in [7, 11) is -3.34. The van der Waals surface area contributed by atoms with Crippen molar-refractivity contribution in [2.75, 3.05) is 5.75 Å². The van der Waals surface area contributed by atoms with Crippen LogP contribution in [0.5, 0.6) is 11.5 Å². The van der Waals surface area contributed by atoms with E-state index in [4.69, 9.17) is 10.5 Å². The van der Waals surface area contributed by atoms with E-state index in [-0.39, 0.29) is 10.6 Å². The minimum absolute atomic E-state index is 0.00667. The van der Waals surface area contributed by atoms with Crippen molar-refractivity contribution in [2.45, 2.75) is 17.7 Å². The monoisotopic (exact) mass is 471 g/mol. The Balaban J connectivity index is 1.79. The van der Waals surface area contributed by atoms with Crippen LogP contribution in [0.1, 0.15) is 24.0 Å². The lowest BCUT2D eigenvalue weighted by molar-refractivity contribution is -0.118. The minimum Gasteiger partial charge on any atom is -0.457 e. The maximum Gasteiger partial charge on any atom is 0.229 e. The zero-order valence-electron chi connectivity index (χ0n) is 18.7. The molecule has 1 atom stereocenters. The number of hydrogen-bond donors (Lipinski definition) is 1. The number of carbonyl (C=O) groups excluding carboxylic acids is 1. The van der Waals surface area contributed by atoms with Gasteiger partial charge in [-0.1, -0.05) is 79.7 Å². The Labute approximate surface area is 199 Å². The molecular formula is C28H25NO4S. The van der Waals surface area contributed by atoms with Gasteiger partial charge in [-0.05, 0) is 47.0 Å². The predicted molar refractivity (Wildman–Crippen MR) is 134 cm³/mol. The Morgan fingerprint density at radius 1 is 0.824 bits per heavy atom. The molecule has 34 heavy (non-hydrogen) atoms. The highest BCUT2D eigenvalue weighted by molar-refractivity contribution is 7.91. The number of hydrogen-bond acceptors (Lipinski definition) is 4.